The lowest BCUT2D eigenvalue weighted by Gasteiger charge is -2.02. The van der Waals surface area contributed by atoms with Crippen LogP contribution in [0.25, 0.3) is 0 Å². The SMILES string of the molecule is OCCCc1cccc(Cl)c1F. The average Bonchev–Trinajstić information content (AvgIpc) is 2.08. The van der Waals surface area contributed by atoms with E-state index in [1.54, 1.807) is 12.1 Å². The van der Waals surface area contributed by atoms with Crippen LogP contribution in [0, 0.1) is 5.82 Å². The van der Waals surface area contributed by atoms with E-state index in [-0.39, 0.29) is 17.4 Å². The average molecular weight is 189 g/mol. The van der Waals surface area contributed by atoms with Crippen molar-refractivity contribution in [1.29, 1.82) is 0 Å². The van der Waals surface area contributed by atoms with E-state index in [0.29, 0.717) is 18.4 Å². The van der Waals surface area contributed by atoms with E-state index < -0.39 is 0 Å². The minimum atomic E-state index is -0.368. The highest BCUT2D eigenvalue weighted by atomic mass is 35.5. The molecule has 0 bridgehead atoms. The van der Waals surface area contributed by atoms with Crippen LogP contribution in [0.5, 0.6) is 0 Å². The first kappa shape index (κ1) is 9.49. The molecule has 1 N–H and O–H groups in total. The molecule has 0 heterocycles. The molecule has 0 spiro atoms. The van der Waals surface area contributed by atoms with Crippen LogP contribution >= 0.6 is 11.6 Å². The first-order valence-electron chi connectivity index (χ1n) is 3.79. The molecule has 0 amide bonds. The molecule has 0 atom stereocenters. The van der Waals surface area contributed by atoms with Crippen molar-refractivity contribution in [1.82, 2.24) is 0 Å². The van der Waals surface area contributed by atoms with Crippen LogP contribution in [0.1, 0.15) is 12.0 Å². The van der Waals surface area contributed by atoms with Crippen LogP contribution < -0.4 is 0 Å². The van der Waals surface area contributed by atoms with Crippen LogP contribution in [-0.2, 0) is 6.42 Å². The molecule has 1 aromatic rings. The minimum Gasteiger partial charge on any atom is -0.396 e. The van der Waals surface area contributed by atoms with E-state index in [1.165, 1.54) is 6.07 Å². The Morgan fingerprint density at radius 2 is 2.17 bits per heavy atom. The van der Waals surface area contributed by atoms with Gasteiger partial charge in [-0.05, 0) is 24.5 Å². The van der Waals surface area contributed by atoms with Crippen LogP contribution in [0.2, 0.25) is 5.02 Å². The lowest BCUT2D eigenvalue weighted by molar-refractivity contribution is 0.288. The Morgan fingerprint density at radius 1 is 1.42 bits per heavy atom. The van der Waals surface area contributed by atoms with E-state index >= 15 is 0 Å². The molecule has 1 nitrogen and oxygen atoms in total. The Morgan fingerprint density at radius 3 is 2.83 bits per heavy atom. The predicted octanol–water partition coefficient (Wildman–Crippen LogP) is 2.40. The van der Waals surface area contributed by atoms with Gasteiger partial charge in [0.1, 0.15) is 5.82 Å². The molecule has 0 unspecified atom stereocenters. The van der Waals surface area contributed by atoms with Crippen molar-refractivity contribution in [2.24, 2.45) is 0 Å². The minimum absolute atomic E-state index is 0.0754. The van der Waals surface area contributed by atoms with Gasteiger partial charge in [-0.1, -0.05) is 23.7 Å². The first-order valence-corrected chi connectivity index (χ1v) is 4.17. The molecule has 0 aliphatic carbocycles. The van der Waals surface area contributed by atoms with E-state index in [0.717, 1.165) is 0 Å². The molecule has 0 aliphatic rings. The largest absolute Gasteiger partial charge is 0.396 e. The van der Waals surface area contributed by atoms with Crippen LogP contribution in [0.15, 0.2) is 18.2 Å². The van der Waals surface area contributed by atoms with Gasteiger partial charge in [-0.3, -0.25) is 0 Å². The van der Waals surface area contributed by atoms with Crippen LogP contribution in [0.4, 0.5) is 4.39 Å². The summed E-state index contributed by atoms with van der Waals surface area (Å²) in [5.74, 6) is -0.368. The zero-order valence-corrected chi connectivity index (χ0v) is 7.31. The third kappa shape index (κ3) is 2.19. The molecule has 66 valence electrons. The fourth-order valence-corrected chi connectivity index (χ4v) is 1.21. The normalized spacial score (nSPS) is 10.2. The van der Waals surface area contributed by atoms with E-state index in [4.69, 9.17) is 16.7 Å². The summed E-state index contributed by atoms with van der Waals surface area (Å²) in [6.07, 6.45) is 1.10. The number of rotatable bonds is 3. The molecule has 1 aromatic carbocycles. The number of aliphatic hydroxyl groups is 1. The van der Waals surface area contributed by atoms with Crippen molar-refractivity contribution in [3.8, 4) is 0 Å². The molecule has 0 radical (unpaired) electrons. The highest BCUT2D eigenvalue weighted by Gasteiger charge is 2.04. The first-order chi connectivity index (χ1) is 5.75. The fraction of sp³-hybridized carbons (Fsp3) is 0.333. The topological polar surface area (TPSA) is 20.2 Å². The predicted molar refractivity (Wildman–Crippen MR) is 46.8 cm³/mol. The lowest BCUT2D eigenvalue weighted by Crippen LogP contribution is -1.93. The summed E-state index contributed by atoms with van der Waals surface area (Å²) < 4.78 is 13.1. The van der Waals surface area contributed by atoms with E-state index in [9.17, 15) is 4.39 Å². The Balaban J connectivity index is 2.78. The van der Waals surface area contributed by atoms with Crippen LogP contribution in [-0.4, -0.2) is 11.7 Å². The van der Waals surface area contributed by atoms with Gasteiger partial charge < -0.3 is 5.11 Å². The highest BCUT2D eigenvalue weighted by molar-refractivity contribution is 6.30. The van der Waals surface area contributed by atoms with Crippen molar-refractivity contribution in [3.63, 3.8) is 0 Å². The van der Waals surface area contributed by atoms with Gasteiger partial charge in [-0.15, -0.1) is 0 Å². The van der Waals surface area contributed by atoms with Gasteiger partial charge in [0.25, 0.3) is 0 Å². The second-order valence-electron chi connectivity index (χ2n) is 2.54. The molecule has 1 rings (SSSR count). The third-order valence-corrected chi connectivity index (χ3v) is 1.93. The summed E-state index contributed by atoms with van der Waals surface area (Å²) in [6.45, 7) is 0.0754. The van der Waals surface area contributed by atoms with Crippen molar-refractivity contribution in [2.75, 3.05) is 6.61 Å². The molecule has 0 saturated heterocycles. The standard InChI is InChI=1S/C9H10ClFO/c10-8-5-1-3-7(9(8)11)4-2-6-12/h1,3,5,12H,2,4,6H2. The molecule has 0 saturated carbocycles. The smallest absolute Gasteiger partial charge is 0.144 e. The molecule has 0 fully saturated rings. The van der Waals surface area contributed by atoms with Gasteiger partial charge in [-0.25, -0.2) is 4.39 Å². The maximum atomic E-state index is 13.1. The molecular weight excluding hydrogens is 179 g/mol. The quantitative estimate of drug-likeness (QED) is 0.773. The van der Waals surface area contributed by atoms with Crippen molar-refractivity contribution in [3.05, 3.63) is 34.6 Å². The summed E-state index contributed by atoms with van der Waals surface area (Å²) in [7, 11) is 0. The van der Waals surface area contributed by atoms with Gasteiger partial charge in [0.15, 0.2) is 0 Å². The number of hydrogen-bond donors (Lipinski definition) is 1. The van der Waals surface area contributed by atoms with Gasteiger partial charge in [0.2, 0.25) is 0 Å². The van der Waals surface area contributed by atoms with Gasteiger partial charge >= 0.3 is 0 Å². The maximum absolute atomic E-state index is 13.1. The maximum Gasteiger partial charge on any atom is 0.144 e. The van der Waals surface area contributed by atoms with Crippen molar-refractivity contribution >= 4 is 11.6 Å². The number of aliphatic hydroxyl groups excluding tert-OH is 1. The van der Waals surface area contributed by atoms with Gasteiger partial charge in [0, 0.05) is 6.61 Å². The van der Waals surface area contributed by atoms with E-state index in [1.807, 2.05) is 0 Å². The number of benzene rings is 1. The Kier molecular flexibility index (Phi) is 3.50. The summed E-state index contributed by atoms with van der Waals surface area (Å²) in [6, 6.07) is 4.90. The number of hydrogen-bond acceptors (Lipinski definition) is 1. The molecular formula is C9H10ClFO. The number of halogens is 2. The monoisotopic (exact) mass is 188 g/mol. The molecule has 12 heavy (non-hydrogen) atoms. The summed E-state index contributed by atoms with van der Waals surface area (Å²) in [5.41, 5.74) is 0.566. The van der Waals surface area contributed by atoms with Crippen molar-refractivity contribution in [2.45, 2.75) is 12.8 Å². The third-order valence-electron chi connectivity index (χ3n) is 1.64. The fourth-order valence-electron chi connectivity index (χ4n) is 1.01. The molecule has 3 heteroatoms. The zero-order chi connectivity index (χ0) is 8.97. The van der Waals surface area contributed by atoms with Gasteiger partial charge in [-0.2, -0.15) is 0 Å². The second-order valence-corrected chi connectivity index (χ2v) is 2.95. The zero-order valence-electron chi connectivity index (χ0n) is 6.56. The Bertz CT molecular complexity index is 263. The lowest BCUT2D eigenvalue weighted by atomic mass is 10.1. The Labute approximate surface area is 75.8 Å². The summed E-state index contributed by atoms with van der Waals surface area (Å²) in [4.78, 5) is 0. The van der Waals surface area contributed by atoms with E-state index in [2.05, 4.69) is 0 Å². The van der Waals surface area contributed by atoms with Crippen molar-refractivity contribution < 1.29 is 9.50 Å². The molecule has 0 aliphatic heterocycles. The Hall–Kier alpha value is -0.600. The summed E-state index contributed by atoms with van der Waals surface area (Å²) in [5, 5.41) is 8.68. The highest BCUT2D eigenvalue weighted by Crippen LogP contribution is 2.18. The van der Waals surface area contributed by atoms with Crippen LogP contribution in [0.3, 0.4) is 0 Å². The van der Waals surface area contributed by atoms with Gasteiger partial charge in [0.05, 0.1) is 5.02 Å². The molecule has 0 aromatic heterocycles. The second kappa shape index (κ2) is 4.43. The number of aryl methyl sites for hydroxylation is 1. The summed E-state index contributed by atoms with van der Waals surface area (Å²) >= 11 is 5.56.